The molecule has 0 unspecified atom stereocenters. The van der Waals surface area contributed by atoms with Crippen molar-refractivity contribution in [3.8, 4) is 11.4 Å². The molecule has 8 heteroatoms. The van der Waals surface area contributed by atoms with E-state index in [1.54, 1.807) is 12.1 Å². The van der Waals surface area contributed by atoms with Crippen molar-refractivity contribution in [1.29, 1.82) is 0 Å². The van der Waals surface area contributed by atoms with Crippen LogP contribution in [0.3, 0.4) is 0 Å². The summed E-state index contributed by atoms with van der Waals surface area (Å²) in [5.74, 6) is 1.31. The van der Waals surface area contributed by atoms with Gasteiger partial charge in [-0.3, -0.25) is 14.7 Å². The molecular formula is C23H29N5O2S. The number of thioether (sulfide) groups is 1. The predicted octanol–water partition coefficient (Wildman–Crippen LogP) is 5.27. The molecule has 0 aliphatic heterocycles. The van der Waals surface area contributed by atoms with Crippen LogP contribution >= 0.6 is 11.8 Å². The van der Waals surface area contributed by atoms with E-state index in [4.69, 9.17) is 4.52 Å². The molecule has 0 saturated carbocycles. The quantitative estimate of drug-likeness (QED) is 0.380. The van der Waals surface area contributed by atoms with E-state index in [0.717, 1.165) is 17.1 Å². The summed E-state index contributed by atoms with van der Waals surface area (Å²) in [6.45, 7) is 15.0. The Hall–Kier alpha value is -2.87. The maximum Gasteiger partial charge on any atom is 0.237 e. The fourth-order valence-corrected chi connectivity index (χ4v) is 3.69. The Labute approximate surface area is 187 Å². The van der Waals surface area contributed by atoms with Gasteiger partial charge in [-0.1, -0.05) is 81.9 Å². The van der Waals surface area contributed by atoms with Gasteiger partial charge in [-0.25, -0.2) is 0 Å². The zero-order valence-electron chi connectivity index (χ0n) is 18.7. The summed E-state index contributed by atoms with van der Waals surface area (Å²) in [6, 6.07) is 10.1. The van der Waals surface area contributed by atoms with Gasteiger partial charge < -0.3 is 4.52 Å². The molecule has 0 spiro atoms. The minimum Gasteiger partial charge on any atom is -0.338 e. The highest BCUT2D eigenvalue weighted by Crippen LogP contribution is 2.28. The number of hydrogen-bond acceptors (Lipinski definition) is 6. The molecule has 3 aromatic rings. The van der Waals surface area contributed by atoms with Gasteiger partial charge in [0.1, 0.15) is 0 Å². The molecule has 0 aliphatic rings. The molecule has 0 radical (unpaired) electrons. The van der Waals surface area contributed by atoms with Gasteiger partial charge in [0.15, 0.2) is 11.0 Å². The highest BCUT2D eigenvalue weighted by atomic mass is 32.2. The van der Waals surface area contributed by atoms with Crippen molar-refractivity contribution < 1.29 is 9.32 Å². The number of hydrogen-bond donors (Lipinski definition) is 1. The van der Waals surface area contributed by atoms with E-state index >= 15 is 0 Å². The largest absolute Gasteiger partial charge is 0.338 e. The number of allylic oxidation sites excluding steroid dienone is 1. The Morgan fingerprint density at radius 2 is 1.97 bits per heavy atom. The van der Waals surface area contributed by atoms with Crippen LogP contribution in [0.5, 0.6) is 0 Å². The van der Waals surface area contributed by atoms with Crippen molar-refractivity contribution in [2.75, 3.05) is 11.1 Å². The molecule has 2 heterocycles. The maximum absolute atomic E-state index is 12.3. The smallest absolute Gasteiger partial charge is 0.237 e. The van der Waals surface area contributed by atoms with Crippen LogP contribution < -0.4 is 5.32 Å². The predicted molar refractivity (Wildman–Crippen MR) is 124 cm³/mol. The SMILES string of the molecule is C=CCn1c(SCC(=O)Nc2cc(C(C)C)no2)nnc1-c1ccc(C(C)(C)C)cc1. The number of aromatic nitrogens is 4. The van der Waals surface area contributed by atoms with Crippen molar-refractivity contribution in [2.45, 2.75) is 57.7 Å². The lowest BCUT2D eigenvalue weighted by molar-refractivity contribution is -0.113. The Balaban J connectivity index is 1.71. The van der Waals surface area contributed by atoms with E-state index in [0.29, 0.717) is 17.6 Å². The lowest BCUT2D eigenvalue weighted by atomic mass is 9.87. The van der Waals surface area contributed by atoms with Crippen LogP contribution in [0.15, 0.2) is 52.7 Å². The molecule has 1 aromatic carbocycles. The fourth-order valence-electron chi connectivity index (χ4n) is 2.95. The van der Waals surface area contributed by atoms with Crippen molar-refractivity contribution in [1.82, 2.24) is 19.9 Å². The highest BCUT2D eigenvalue weighted by molar-refractivity contribution is 7.99. The molecule has 0 fully saturated rings. The van der Waals surface area contributed by atoms with Gasteiger partial charge in [0.2, 0.25) is 11.8 Å². The van der Waals surface area contributed by atoms with Gasteiger partial charge in [0, 0.05) is 18.2 Å². The molecule has 1 N–H and O–H groups in total. The van der Waals surface area contributed by atoms with Crippen molar-refractivity contribution >= 4 is 23.6 Å². The second-order valence-electron chi connectivity index (χ2n) is 8.64. The molecule has 0 aliphatic carbocycles. The average Bonchev–Trinajstić information content (AvgIpc) is 3.33. The first-order valence-electron chi connectivity index (χ1n) is 10.2. The molecule has 0 atom stereocenters. The molecule has 1 amide bonds. The Morgan fingerprint density at radius 1 is 1.26 bits per heavy atom. The van der Waals surface area contributed by atoms with Gasteiger partial charge in [0.25, 0.3) is 0 Å². The van der Waals surface area contributed by atoms with Crippen molar-refractivity contribution in [3.05, 3.63) is 54.2 Å². The molecular weight excluding hydrogens is 410 g/mol. The molecule has 31 heavy (non-hydrogen) atoms. The molecule has 0 saturated heterocycles. The third-order valence-electron chi connectivity index (χ3n) is 4.75. The Morgan fingerprint density at radius 3 is 2.55 bits per heavy atom. The first-order valence-corrected chi connectivity index (χ1v) is 11.2. The number of anilines is 1. The monoisotopic (exact) mass is 439 g/mol. The topological polar surface area (TPSA) is 85.8 Å². The average molecular weight is 440 g/mol. The minimum atomic E-state index is -0.194. The van der Waals surface area contributed by atoms with Gasteiger partial charge in [0.05, 0.1) is 11.4 Å². The van der Waals surface area contributed by atoms with Crippen LogP contribution in [0.4, 0.5) is 5.88 Å². The maximum atomic E-state index is 12.3. The second kappa shape index (κ2) is 9.51. The summed E-state index contributed by atoms with van der Waals surface area (Å²) in [5, 5.41) is 16.0. The lowest BCUT2D eigenvalue weighted by Gasteiger charge is -2.19. The van der Waals surface area contributed by atoms with E-state index in [-0.39, 0.29) is 23.0 Å². The van der Waals surface area contributed by atoms with E-state index in [1.807, 2.05) is 18.4 Å². The van der Waals surface area contributed by atoms with E-state index in [2.05, 4.69) is 72.3 Å². The standard InChI is InChI=1S/C23H29N5O2S/c1-7-12-28-21(16-8-10-17(11-9-16)23(4,5)6)25-26-22(28)31-14-19(29)24-20-13-18(15(2)3)27-30-20/h7-11,13,15H,1,12,14H2,2-6H3,(H,24,29). The summed E-state index contributed by atoms with van der Waals surface area (Å²) in [5.41, 5.74) is 3.11. The number of nitrogens with one attached hydrogen (secondary N) is 1. The Bertz CT molecular complexity index is 1040. The lowest BCUT2D eigenvalue weighted by Crippen LogP contribution is -2.14. The number of rotatable bonds is 8. The minimum absolute atomic E-state index is 0.0845. The fraction of sp³-hybridized carbons (Fsp3) is 0.391. The van der Waals surface area contributed by atoms with Gasteiger partial charge in [-0.05, 0) is 16.9 Å². The van der Waals surface area contributed by atoms with Crippen molar-refractivity contribution in [3.63, 3.8) is 0 Å². The zero-order valence-corrected chi connectivity index (χ0v) is 19.5. The van der Waals surface area contributed by atoms with Gasteiger partial charge in [-0.2, -0.15) is 0 Å². The first kappa shape index (κ1) is 22.8. The first-order chi connectivity index (χ1) is 14.7. The van der Waals surface area contributed by atoms with E-state index in [9.17, 15) is 4.79 Å². The molecule has 2 aromatic heterocycles. The number of benzene rings is 1. The second-order valence-corrected chi connectivity index (χ2v) is 9.58. The summed E-state index contributed by atoms with van der Waals surface area (Å²) < 4.78 is 7.13. The van der Waals surface area contributed by atoms with Crippen LogP contribution in [0.1, 0.15) is 51.8 Å². The third kappa shape index (κ3) is 5.64. The summed E-state index contributed by atoms with van der Waals surface area (Å²) in [4.78, 5) is 12.3. The van der Waals surface area contributed by atoms with Gasteiger partial charge in [-0.15, -0.1) is 16.8 Å². The number of carbonyl (C=O) groups excluding carboxylic acids is 1. The zero-order chi connectivity index (χ0) is 22.6. The number of nitrogens with zero attached hydrogens (tertiary/aromatic N) is 4. The molecule has 3 rings (SSSR count). The van der Waals surface area contributed by atoms with E-state index < -0.39 is 0 Å². The van der Waals surface area contributed by atoms with Crippen molar-refractivity contribution in [2.24, 2.45) is 0 Å². The number of amides is 1. The normalized spacial score (nSPS) is 11.7. The van der Waals surface area contributed by atoms with Gasteiger partial charge >= 0.3 is 0 Å². The summed E-state index contributed by atoms with van der Waals surface area (Å²) in [6.07, 6.45) is 1.79. The van der Waals surface area contributed by atoms with Crippen LogP contribution in [-0.4, -0.2) is 31.6 Å². The molecule has 164 valence electrons. The van der Waals surface area contributed by atoms with Crippen LogP contribution in [0, 0.1) is 0 Å². The van der Waals surface area contributed by atoms with Crippen LogP contribution in [0.25, 0.3) is 11.4 Å². The Kier molecular flexibility index (Phi) is 7.00. The highest BCUT2D eigenvalue weighted by Gasteiger charge is 2.18. The van der Waals surface area contributed by atoms with E-state index in [1.165, 1.54) is 17.3 Å². The number of carbonyl (C=O) groups is 1. The molecule has 0 bridgehead atoms. The molecule has 7 nitrogen and oxygen atoms in total. The summed E-state index contributed by atoms with van der Waals surface area (Å²) >= 11 is 1.32. The van der Waals surface area contributed by atoms with Crippen LogP contribution in [0.2, 0.25) is 0 Å². The third-order valence-corrected chi connectivity index (χ3v) is 5.72. The summed E-state index contributed by atoms with van der Waals surface area (Å²) in [7, 11) is 0. The van der Waals surface area contributed by atoms with Crippen LogP contribution in [-0.2, 0) is 16.8 Å².